The summed E-state index contributed by atoms with van der Waals surface area (Å²) in [5.41, 5.74) is 2.96. The minimum absolute atomic E-state index is 0.0929. The summed E-state index contributed by atoms with van der Waals surface area (Å²) in [4.78, 5) is 8.98. The van der Waals surface area contributed by atoms with Crippen molar-refractivity contribution in [2.45, 2.75) is 45.9 Å². The van der Waals surface area contributed by atoms with Crippen molar-refractivity contribution >= 4 is 17.0 Å². The number of nitrogens with one attached hydrogen (secondary N) is 2. The number of aliphatic hydroxyl groups excluding tert-OH is 1. The fraction of sp³-hybridized carbons (Fsp3) is 0.417. The standard InChI is InChI=1S/C24H33N5O2/c1-4-25-24(26-13-8-14-29-17-28-21-11-5-6-12-22(21)29)27-16-23(30)19-9-7-10-20(15-19)31-18(2)3/h5-7,9-12,15,17-18,23,30H,4,8,13-14,16H2,1-3H3,(H2,25,26,27). The van der Waals surface area contributed by atoms with E-state index in [1.54, 1.807) is 0 Å². The Morgan fingerprint density at radius 2 is 2.00 bits per heavy atom. The molecule has 0 saturated heterocycles. The van der Waals surface area contributed by atoms with E-state index in [9.17, 15) is 5.11 Å². The van der Waals surface area contributed by atoms with Gasteiger partial charge in [0.1, 0.15) is 5.75 Å². The lowest BCUT2D eigenvalue weighted by Crippen LogP contribution is -2.38. The van der Waals surface area contributed by atoms with Gasteiger partial charge in [0, 0.05) is 19.6 Å². The first-order valence-corrected chi connectivity index (χ1v) is 10.9. The van der Waals surface area contributed by atoms with Gasteiger partial charge in [0.05, 0.1) is 36.1 Å². The average Bonchev–Trinajstić information content (AvgIpc) is 3.17. The molecular formula is C24H33N5O2. The van der Waals surface area contributed by atoms with E-state index in [4.69, 9.17) is 4.74 Å². The highest BCUT2D eigenvalue weighted by atomic mass is 16.5. The number of imidazole rings is 1. The fourth-order valence-electron chi connectivity index (χ4n) is 3.34. The topological polar surface area (TPSA) is 83.7 Å². The highest BCUT2D eigenvalue weighted by Gasteiger charge is 2.09. The van der Waals surface area contributed by atoms with Crippen LogP contribution in [-0.2, 0) is 6.54 Å². The summed E-state index contributed by atoms with van der Waals surface area (Å²) in [5.74, 6) is 1.46. The fourth-order valence-corrected chi connectivity index (χ4v) is 3.34. The van der Waals surface area contributed by atoms with Crippen LogP contribution in [0.2, 0.25) is 0 Å². The number of hydrogen-bond acceptors (Lipinski definition) is 4. The largest absolute Gasteiger partial charge is 0.491 e. The molecule has 1 aromatic heterocycles. The lowest BCUT2D eigenvalue weighted by molar-refractivity contribution is 0.185. The summed E-state index contributed by atoms with van der Waals surface area (Å²) >= 11 is 0. The first-order valence-electron chi connectivity index (χ1n) is 10.9. The predicted molar refractivity (Wildman–Crippen MR) is 125 cm³/mol. The van der Waals surface area contributed by atoms with Gasteiger partial charge in [0.15, 0.2) is 5.96 Å². The molecule has 1 atom stereocenters. The molecule has 0 saturated carbocycles. The van der Waals surface area contributed by atoms with Crippen molar-refractivity contribution in [1.82, 2.24) is 20.2 Å². The molecule has 31 heavy (non-hydrogen) atoms. The van der Waals surface area contributed by atoms with Gasteiger partial charge in [-0.1, -0.05) is 24.3 Å². The van der Waals surface area contributed by atoms with Gasteiger partial charge in [0.2, 0.25) is 0 Å². The molecule has 0 aliphatic rings. The van der Waals surface area contributed by atoms with Crippen LogP contribution in [-0.4, -0.2) is 46.4 Å². The molecule has 0 aliphatic heterocycles. The van der Waals surface area contributed by atoms with E-state index < -0.39 is 6.10 Å². The van der Waals surface area contributed by atoms with Crippen LogP contribution in [0.3, 0.4) is 0 Å². The van der Waals surface area contributed by atoms with Crippen LogP contribution in [0.5, 0.6) is 5.75 Å². The smallest absolute Gasteiger partial charge is 0.191 e. The molecule has 3 rings (SSSR count). The zero-order valence-electron chi connectivity index (χ0n) is 18.6. The summed E-state index contributed by atoms with van der Waals surface area (Å²) in [6.07, 6.45) is 2.22. The second-order valence-electron chi connectivity index (χ2n) is 7.68. The molecule has 2 aromatic carbocycles. The van der Waals surface area contributed by atoms with Crippen LogP contribution >= 0.6 is 0 Å². The summed E-state index contributed by atoms with van der Waals surface area (Å²) in [7, 11) is 0. The number of rotatable bonds is 10. The molecule has 0 spiro atoms. The molecule has 1 unspecified atom stereocenters. The quantitative estimate of drug-likeness (QED) is 0.264. The Bertz CT molecular complexity index is 983. The maximum atomic E-state index is 10.6. The van der Waals surface area contributed by atoms with E-state index in [0.29, 0.717) is 5.96 Å². The Balaban J connectivity index is 1.51. The Hall–Kier alpha value is -3.06. The van der Waals surface area contributed by atoms with Crippen LogP contribution in [0.4, 0.5) is 0 Å². The third kappa shape index (κ3) is 6.72. The van der Waals surface area contributed by atoms with Gasteiger partial charge in [-0.15, -0.1) is 0 Å². The Morgan fingerprint density at radius 3 is 2.81 bits per heavy atom. The molecule has 0 aliphatic carbocycles. The van der Waals surface area contributed by atoms with Crippen molar-refractivity contribution in [3.8, 4) is 5.75 Å². The van der Waals surface area contributed by atoms with Gasteiger partial charge in [-0.3, -0.25) is 4.99 Å². The molecule has 0 amide bonds. The minimum atomic E-state index is -0.691. The number of aromatic nitrogens is 2. The highest BCUT2D eigenvalue weighted by molar-refractivity contribution is 5.79. The predicted octanol–water partition coefficient (Wildman–Crippen LogP) is 3.50. The van der Waals surface area contributed by atoms with Gasteiger partial charge in [-0.25, -0.2) is 4.98 Å². The summed E-state index contributed by atoms with van der Waals surface area (Å²) in [6, 6.07) is 15.7. The van der Waals surface area contributed by atoms with Crippen molar-refractivity contribution in [3.05, 3.63) is 60.4 Å². The van der Waals surface area contributed by atoms with Gasteiger partial charge in [0.25, 0.3) is 0 Å². The van der Waals surface area contributed by atoms with Crippen LogP contribution in [0.25, 0.3) is 11.0 Å². The maximum Gasteiger partial charge on any atom is 0.191 e. The van der Waals surface area contributed by atoms with Gasteiger partial charge in [-0.2, -0.15) is 0 Å². The molecule has 0 radical (unpaired) electrons. The first-order chi connectivity index (χ1) is 15.1. The monoisotopic (exact) mass is 423 g/mol. The third-order valence-electron chi connectivity index (χ3n) is 4.78. The lowest BCUT2D eigenvalue weighted by Gasteiger charge is -2.15. The maximum absolute atomic E-state index is 10.6. The highest BCUT2D eigenvalue weighted by Crippen LogP contribution is 2.20. The second-order valence-corrected chi connectivity index (χ2v) is 7.68. The van der Waals surface area contributed by atoms with Crippen molar-refractivity contribution in [2.24, 2.45) is 4.99 Å². The van der Waals surface area contributed by atoms with E-state index in [-0.39, 0.29) is 12.6 Å². The molecule has 3 aromatic rings. The number of ether oxygens (including phenoxy) is 1. The second kappa shape index (κ2) is 11.4. The van der Waals surface area contributed by atoms with Gasteiger partial charge >= 0.3 is 0 Å². The molecule has 3 N–H and O–H groups in total. The first kappa shape index (κ1) is 22.6. The molecule has 7 heteroatoms. The summed E-state index contributed by atoms with van der Waals surface area (Å²) in [6.45, 7) is 8.66. The molecule has 0 bridgehead atoms. The van der Waals surface area contributed by atoms with Crippen molar-refractivity contribution in [3.63, 3.8) is 0 Å². The van der Waals surface area contributed by atoms with Crippen molar-refractivity contribution in [2.75, 3.05) is 19.6 Å². The van der Waals surface area contributed by atoms with Crippen LogP contribution in [0.1, 0.15) is 38.9 Å². The van der Waals surface area contributed by atoms with Crippen LogP contribution < -0.4 is 15.4 Å². The normalized spacial score (nSPS) is 12.9. The van der Waals surface area contributed by atoms with Crippen LogP contribution in [0.15, 0.2) is 59.9 Å². The van der Waals surface area contributed by atoms with E-state index in [1.165, 1.54) is 0 Å². The Labute approximate surface area is 184 Å². The van der Waals surface area contributed by atoms with E-state index >= 15 is 0 Å². The average molecular weight is 424 g/mol. The van der Waals surface area contributed by atoms with Crippen LogP contribution in [0, 0.1) is 0 Å². The van der Waals surface area contributed by atoms with Crippen molar-refractivity contribution in [1.29, 1.82) is 0 Å². The number of aryl methyl sites for hydroxylation is 1. The van der Waals surface area contributed by atoms with E-state index in [0.717, 1.165) is 48.4 Å². The van der Waals surface area contributed by atoms with E-state index in [1.807, 2.05) is 69.6 Å². The molecule has 0 fully saturated rings. The van der Waals surface area contributed by atoms with Gasteiger partial charge < -0.3 is 25.0 Å². The number of fused-ring (bicyclic) bond motifs is 1. The number of hydrogen-bond donors (Lipinski definition) is 3. The molecule has 166 valence electrons. The SMILES string of the molecule is CCNC(=NCC(O)c1cccc(OC(C)C)c1)NCCCn1cnc2ccccc21. The number of guanidine groups is 1. The van der Waals surface area contributed by atoms with E-state index in [2.05, 4.69) is 31.2 Å². The van der Waals surface area contributed by atoms with Crippen molar-refractivity contribution < 1.29 is 9.84 Å². The minimum Gasteiger partial charge on any atom is -0.491 e. The number of aliphatic imine (C=N–C) groups is 1. The number of aliphatic hydroxyl groups is 1. The molecular weight excluding hydrogens is 390 g/mol. The zero-order chi connectivity index (χ0) is 22.1. The Kier molecular flexibility index (Phi) is 8.29. The molecule has 1 heterocycles. The number of nitrogens with zero attached hydrogens (tertiary/aromatic N) is 3. The van der Waals surface area contributed by atoms with Gasteiger partial charge in [-0.05, 0) is 57.0 Å². The third-order valence-corrected chi connectivity index (χ3v) is 4.78. The summed E-state index contributed by atoms with van der Waals surface area (Å²) in [5, 5.41) is 17.1. The molecule has 7 nitrogen and oxygen atoms in total. The summed E-state index contributed by atoms with van der Waals surface area (Å²) < 4.78 is 7.88. The number of para-hydroxylation sites is 2. The Morgan fingerprint density at radius 1 is 1.16 bits per heavy atom. The zero-order valence-corrected chi connectivity index (χ0v) is 18.6. The lowest BCUT2D eigenvalue weighted by atomic mass is 10.1. The number of benzene rings is 2.